The first-order chi connectivity index (χ1) is 9.92. The van der Waals surface area contributed by atoms with E-state index in [0.717, 1.165) is 12.1 Å². The molecule has 2 rings (SSSR count). The van der Waals surface area contributed by atoms with Crippen molar-refractivity contribution in [1.29, 1.82) is 0 Å². The highest BCUT2D eigenvalue weighted by Gasteiger charge is 2.14. The van der Waals surface area contributed by atoms with Crippen molar-refractivity contribution in [1.82, 2.24) is 4.72 Å². The molecule has 0 aliphatic heterocycles. The van der Waals surface area contributed by atoms with Crippen LogP contribution in [0, 0.1) is 11.6 Å². The van der Waals surface area contributed by atoms with Crippen LogP contribution in [0.5, 0.6) is 0 Å². The molecule has 0 saturated carbocycles. The van der Waals surface area contributed by atoms with Crippen molar-refractivity contribution in [3.8, 4) is 0 Å². The minimum absolute atomic E-state index is 0.0299. The fraction of sp³-hybridized carbons (Fsp3) is 0.143. The Hall–Kier alpha value is -1.83. The van der Waals surface area contributed by atoms with Gasteiger partial charge < -0.3 is 5.11 Å². The molecule has 0 spiro atoms. The molecule has 2 aromatic rings. The summed E-state index contributed by atoms with van der Waals surface area (Å²) < 4.78 is 52.1. The molecule has 0 bridgehead atoms. The molecular formula is C14H13F2NO3S. The Morgan fingerprint density at radius 3 is 2.14 bits per heavy atom. The van der Waals surface area contributed by atoms with Crippen LogP contribution in [0.4, 0.5) is 8.78 Å². The van der Waals surface area contributed by atoms with Gasteiger partial charge in [-0.3, -0.25) is 0 Å². The van der Waals surface area contributed by atoms with Crippen LogP contribution in [-0.4, -0.2) is 13.5 Å². The third-order valence-corrected chi connectivity index (χ3v) is 4.28. The van der Waals surface area contributed by atoms with Gasteiger partial charge in [0, 0.05) is 6.54 Å². The zero-order valence-electron chi connectivity index (χ0n) is 10.9. The summed E-state index contributed by atoms with van der Waals surface area (Å²) in [7, 11) is -3.75. The number of rotatable bonds is 5. The number of aliphatic hydroxyl groups is 1. The largest absolute Gasteiger partial charge is 0.392 e. The summed E-state index contributed by atoms with van der Waals surface area (Å²) in [5.74, 6) is -2.01. The maximum Gasteiger partial charge on any atom is 0.240 e. The fourth-order valence-electron chi connectivity index (χ4n) is 1.69. The zero-order chi connectivity index (χ0) is 15.5. The zero-order valence-corrected chi connectivity index (χ0v) is 11.7. The lowest BCUT2D eigenvalue weighted by atomic mass is 10.2. The second kappa shape index (κ2) is 6.30. The summed E-state index contributed by atoms with van der Waals surface area (Å²) in [6.45, 7) is -0.329. The van der Waals surface area contributed by atoms with E-state index in [4.69, 9.17) is 5.11 Å². The molecule has 2 N–H and O–H groups in total. The van der Waals surface area contributed by atoms with E-state index in [1.54, 1.807) is 0 Å². The molecule has 21 heavy (non-hydrogen) atoms. The van der Waals surface area contributed by atoms with E-state index >= 15 is 0 Å². The van der Waals surface area contributed by atoms with Crippen molar-refractivity contribution in [3.63, 3.8) is 0 Å². The Kier molecular flexibility index (Phi) is 4.66. The van der Waals surface area contributed by atoms with Crippen LogP contribution in [0.3, 0.4) is 0 Å². The standard InChI is InChI=1S/C14H13F2NO3S/c15-13-6-3-11(7-14(13)16)8-17-21(19,20)12-4-1-10(9-18)2-5-12/h1-7,17-18H,8-9H2. The SMILES string of the molecule is O=S(=O)(NCc1ccc(F)c(F)c1)c1ccc(CO)cc1. The molecule has 0 amide bonds. The van der Waals surface area contributed by atoms with E-state index in [0.29, 0.717) is 11.1 Å². The van der Waals surface area contributed by atoms with Gasteiger partial charge in [0.15, 0.2) is 11.6 Å². The third kappa shape index (κ3) is 3.84. The second-order valence-electron chi connectivity index (χ2n) is 4.38. The molecule has 2 aromatic carbocycles. The Morgan fingerprint density at radius 1 is 0.952 bits per heavy atom. The Bertz CT molecular complexity index is 730. The van der Waals surface area contributed by atoms with Crippen LogP contribution in [0.15, 0.2) is 47.4 Å². The Morgan fingerprint density at radius 2 is 1.57 bits per heavy atom. The smallest absolute Gasteiger partial charge is 0.240 e. The number of nitrogens with one attached hydrogen (secondary N) is 1. The fourth-order valence-corrected chi connectivity index (χ4v) is 2.70. The van der Waals surface area contributed by atoms with Crippen LogP contribution in [0.2, 0.25) is 0 Å². The first-order valence-electron chi connectivity index (χ1n) is 6.06. The molecule has 7 heteroatoms. The normalized spacial score (nSPS) is 11.6. The van der Waals surface area contributed by atoms with Crippen LogP contribution in [-0.2, 0) is 23.2 Å². The maximum absolute atomic E-state index is 13.0. The van der Waals surface area contributed by atoms with E-state index < -0.39 is 21.7 Å². The lowest BCUT2D eigenvalue weighted by Crippen LogP contribution is -2.23. The molecule has 0 fully saturated rings. The van der Waals surface area contributed by atoms with Gasteiger partial charge in [-0.25, -0.2) is 21.9 Å². The van der Waals surface area contributed by atoms with Crippen molar-refractivity contribution in [2.45, 2.75) is 18.0 Å². The molecule has 0 aliphatic carbocycles. The number of sulfonamides is 1. The molecule has 0 aliphatic rings. The molecule has 112 valence electrons. The first kappa shape index (κ1) is 15.6. The highest BCUT2D eigenvalue weighted by molar-refractivity contribution is 7.89. The summed E-state index contributed by atoms with van der Waals surface area (Å²) in [4.78, 5) is 0.0299. The third-order valence-electron chi connectivity index (χ3n) is 2.87. The topological polar surface area (TPSA) is 66.4 Å². The number of hydrogen-bond acceptors (Lipinski definition) is 3. The number of hydrogen-bond donors (Lipinski definition) is 2. The van der Waals surface area contributed by atoms with Gasteiger partial charge in [0.1, 0.15) is 0 Å². The van der Waals surface area contributed by atoms with E-state index in [9.17, 15) is 17.2 Å². The minimum atomic E-state index is -3.75. The lowest BCUT2D eigenvalue weighted by molar-refractivity contribution is 0.282. The molecule has 0 radical (unpaired) electrons. The maximum atomic E-state index is 13.0. The molecule has 0 unspecified atom stereocenters. The van der Waals surface area contributed by atoms with Crippen LogP contribution >= 0.6 is 0 Å². The van der Waals surface area contributed by atoms with Crippen LogP contribution in [0.25, 0.3) is 0 Å². The highest BCUT2D eigenvalue weighted by atomic mass is 32.2. The van der Waals surface area contributed by atoms with Crippen molar-refractivity contribution in [2.24, 2.45) is 0 Å². The van der Waals surface area contributed by atoms with E-state index in [-0.39, 0.29) is 18.0 Å². The Balaban J connectivity index is 2.11. The quantitative estimate of drug-likeness (QED) is 0.886. The first-order valence-corrected chi connectivity index (χ1v) is 7.54. The van der Waals surface area contributed by atoms with E-state index in [2.05, 4.69) is 4.72 Å². The summed E-state index contributed by atoms with van der Waals surface area (Å²) in [5.41, 5.74) is 0.902. The van der Waals surface area contributed by atoms with Crippen molar-refractivity contribution in [2.75, 3.05) is 0 Å². The van der Waals surface area contributed by atoms with Crippen LogP contribution in [0.1, 0.15) is 11.1 Å². The summed E-state index contributed by atoms with van der Waals surface area (Å²) in [6.07, 6.45) is 0. The van der Waals surface area contributed by atoms with Crippen molar-refractivity contribution < 1.29 is 22.3 Å². The van der Waals surface area contributed by atoms with Crippen molar-refractivity contribution in [3.05, 3.63) is 65.2 Å². The van der Waals surface area contributed by atoms with E-state index in [1.165, 1.54) is 30.3 Å². The van der Waals surface area contributed by atoms with Gasteiger partial charge in [-0.2, -0.15) is 0 Å². The minimum Gasteiger partial charge on any atom is -0.392 e. The number of halogens is 2. The summed E-state index contributed by atoms with van der Waals surface area (Å²) in [5, 5.41) is 8.90. The monoisotopic (exact) mass is 313 g/mol. The molecular weight excluding hydrogens is 300 g/mol. The van der Waals surface area contributed by atoms with Crippen LogP contribution < -0.4 is 4.72 Å². The highest BCUT2D eigenvalue weighted by Crippen LogP contribution is 2.13. The van der Waals surface area contributed by atoms with Gasteiger partial charge in [-0.1, -0.05) is 18.2 Å². The van der Waals surface area contributed by atoms with Gasteiger partial charge >= 0.3 is 0 Å². The van der Waals surface area contributed by atoms with Gasteiger partial charge in [0.05, 0.1) is 11.5 Å². The molecule has 4 nitrogen and oxygen atoms in total. The number of benzene rings is 2. The van der Waals surface area contributed by atoms with E-state index in [1.807, 2.05) is 0 Å². The predicted molar refractivity (Wildman–Crippen MR) is 72.7 cm³/mol. The lowest BCUT2D eigenvalue weighted by Gasteiger charge is -2.08. The van der Waals surface area contributed by atoms with Gasteiger partial charge in [0.2, 0.25) is 10.0 Å². The van der Waals surface area contributed by atoms with Gasteiger partial charge in [-0.05, 0) is 35.4 Å². The van der Waals surface area contributed by atoms with Gasteiger partial charge in [-0.15, -0.1) is 0 Å². The van der Waals surface area contributed by atoms with Gasteiger partial charge in [0.25, 0.3) is 0 Å². The summed E-state index contributed by atoms with van der Waals surface area (Å²) >= 11 is 0. The molecule has 0 saturated heterocycles. The average Bonchev–Trinajstić information content (AvgIpc) is 2.48. The average molecular weight is 313 g/mol. The second-order valence-corrected chi connectivity index (χ2v) is 6.14. The molecule has 0 aromatic heterocycles. The molecule has 0 heterocycles. The summed E-state index contributed by atoms with van der Waals surface area (Å²) in [6, 6.07) is 8.88. The number of aliphatic hydroxyl groups excluding tert-OH is 1. The Labute approximate surface area is 121 Å². The van der Waals surface area contributed by atoms with Crippen molar-refractivity contribution >= 4 is 10.0 Å². The molecule has 0 atom stereocenters. The predicted octanol–water partition coefficient (Wildman–Crippen LogP) is 1.94.